The summed E-state index contributed by atoms with van der Waals surface area (Å²) in [7, 11) is 3.42. The second-order valence-electron chi connectivity index (χ2n) is 11.6. The number of aromatic nitrogens is 2. The maximum atomic E-state index is 13.9. The second kappa shape index (κ2) is 12.0. The van der Waals surface area contributed by atoms with Gasteiger partial charge >= 0.3 is 0 Å². The molecular weight excluding hydrogens is 506 g/mol. The average molecular weight is 550 g/mol. The minimum atomic E-state index is -0.525. The van der Waals surface area contributed by atoms with E-state index in [1.54, 1.807) is 35.3 Å². The molecule has 5 rings (SSSR count). The fourth-order valence-corrected chi connectivity index (χ4v) is 6.22. The number of anilines is 3. The van der Waals surface area contributed by atoms with Crippen LogP contribution in [0.25, 0.3) is 0 Å². The Morgan fingerprint density at radius 2 is 2.02 bits per heavy atom. The zero-order valence-electron chi connectivity index (χ0n) is 24.3. The molecule has 2 aliphatic heterocycles. The Labute approximate surface area is 237 Å². The van der Waals surface area contributed by atoms with Crippen molar-refractivity contribution >= 4 is 29.3 Å². The maximum Gasteiger partial charge on any atom is 0.272 e. The topological polar surface area (TPSA) is 103 Å². The van der Waals surface area contributed by atoms with E-state index in [0.717, 1.165) is 44.5 Å². The van der Waals surface area contributed by atoms with E-state index in [0.29, 0.717) is 42.1 Å². The van der Waals surface area contributed by atoms with Crippen LogP contribution in [-0.4, -0.2) is 72.7 Å². The highest BCUT2D eigenvalue weighted by atomic mass is 16.5. The lowest BCUT2D eigenvalue weighted by atomic mass is 9.84. The summed E-state index contributed by atoms with van der Waals surface area (Å²) < 4.78 is 5.37. The lowest BCUT2D eigenvalue weighted by Crippen LogP contribution is -2.51. The van der Waals surface area contributed by atoms with Gasteiger partial charge in [0.15, 0.2) is 5.82 Å². The highest BCUT2D eigenvalue weighted by molar-refractivity contribution is 6.01. The van der Waals surface area contributed by atoms with Gasteiger partial charge < -0.3 is 19.9 Å². The van der Waals surface area contributed by atoms with Gasteiger partial charge in [0.1, 0.15) is 11.4 Å². The van der Waals surface area contributed by atoms with Crippen molar-refractivity contribution in [3.63, 3.8) is 0 Å². The third-order valence-electron chi connectivity index (χ3n) is 8.91. The molecule has 0 unspecified atom stereocenters. The lowest BCUT2D eigenvalue weighted by Gasteiger charge is -2.39. The highest BCUT2D eigenvalue weighted by Gasteiger charge is 2.43. The highest BCUT2D eigenvalue weighted by Crippen LogP contribution is 2.41. The molecular formula is C30H43N7O3. The van der Waals surface area contributed by atoms with Crippen molar-refractivity contribution in [3.05, 3.63) is 36.0 Å². The van der Waals surface area contributed by atoms with Crippen molar-refractivity contribution in [1.29, 1.82) is 0 Å². The number of methoxy groups -OCH3 is 1. The lowest BCUT2D eigenvalue weighted by molar-refractivity contribution is -0.126. The molecule has 10 heteroatoms. The zero-order chi connectivity index (χ0) is 28.3. The molecule has 1 aromatic heterocycles. The molecule has 3 heterocycles. The Bertz CT molecular complexity index is 1210. The van der Waals surface area contributed by atoms with Gasteiger partial charge in [-0.2, -0.15) is 4.98 Å². The molecule has 3 aliphatic rings. The van der Waals surface area contributed by atoms with Crippen LogP contribution in [0.1, 0.15) is 75.6 Å². The minimum absolute atomic E-state index is 0.0723. The molecule has 0 radical (unpaired) electrons. The van der Waals surface area contributed by atoms with Crippen LogP contribution in [0.15, 0.2) is 30.5 Å². The van der Waals surface area contributed by atoms with Gasteiger partial charge in [0.05, 0.1) is 24.8 Å². The quantitative estimate of drug-likeness (QED) is 0.495. The van der Waals surface area contributed by atoms with Crippen molar-refractivity contribution in [2.24, 2.45) is 5.41 Å². The number of nitrogens with zero attached hydrogens (tertiary/aromatic N) is 5. The molecule has 40 heavy (non-hydrogen) atoms. The molecule has 2 fully saturated rings. The van der Waals surface area contributed by atoms with E-state index in [4.69, 9.17) is 9.72 Å². The predicted octanol–water partition coefficient (Wildman–Crippen LogP) is 4.24. The van der Waals surface area contributed by atoms with Crippen LogP contribution < -0.4 is 25.3 Å². The van der Waals surface area contributed by atoms with Crippen LogP contribution in [0.2, 0.25) is 0 Å². The number of nitrogens with one attached hydrogen (secondary N) is 2. The van der Waals surface area contributed by atoms with E-state index in [1.807, 2.05) is 19.2 Å². The Hall–Kier alpha value is -3.40. The monoisotopic (exact) mass is 549 g/mol. The minimum Gasteiger partial charge on any atom is -0.497 e. The van der Waals surface area contributed by atoms with Crippen LogP contribution in [0, 0.1) is 5.41 Å². The molecule has 1 saturated carbocycles. The van der Waals surface area contributed by atoms with E-state index in [9.17, 15) is 9.59 Å². The summed E-state index contributed by atoms with van der Waals surface area (Å²) in [5.74, 6) is 1.65. The van der Waals surface area contributed by atoms with Crippen molar-refractivity contribution in [3.8, 4) is 5.75 Å². The summed E-state index contributed by atoms with van der Waals surface area (Å²) >= 11 is 0. The SMILES string of the molecule is CC[C@]1(C)CN(C2CCCCC2)c2nc(NN(C(=O)c3cccc(OC)c3)[C@H]3CCCNC3)ncc2N(C)C1=O. The third kappa shape index (κ3) is 5.59. The molecule has 1 aromatic carbocycles. The smallest absolute Gasteiger partial charge is 0.272 e. The van der Waals surface area contributed by atoms with Gasteiger partial charge in [-0.1, -0.05) is 32.3 Å². The van der Waals surface area contributed by atoms with Gasteiger partial charge in [-0.3, -0.25) is 15.0 Å². The van der Waals surface area contributed by atoms with Gasteiger partial charge in [0.2, 0.25) is 11.9 Å². The van der Waals surface area contributed by atoms with Gasteiger partial charge in [-0.15, -0.1) is 0 Å². The van der Waals surface area contributed by atoms with Crippen molar-refractivity contribution in [1.82, 2.24) is 20.3 Å². The molecule has 0 spiro atoms. The van der Waals surface area contributed by atoms with Gasteiger partial charge in [-0.05, 0) is 63.8 Å². The van der Waals surface area contributed by atoms with Crippen LogP contribution >= 0.6 is 0 Å². The predicted molar refractivity (Wildman–Crippen MR) is 157 cm³/mol. The van der Waals surface area contributed by atoms with Crippen LogP contribution in [0.3, 0.4) is 0 Å². The second-order valence-corrected chi connectivity index (χ2v) is 11.6. The fraction of sp³-hybridized carbons (Fsp3) is 0.600. The number of hydrogen-bond donors (Lipinski definition) is 2. The van der Waals surface area contributed by atoms with E-state index in [-0.39, 0.29) is 17.9 Å². The molecule has 2 aromatic rings. The number of benzene rings is 1. The molecule has 2 amide bonds. The molecule has 10 nitrogen and oxygen atoms in total. The number of rotatable bonds is 7. The first-order valence-electron chi connectivity index (χ1n) is 14.7. The van der Waals surface area contributed by atoms with E-state index in [2.05, 4.69) is 34.5 Å². The maximum absolute atomic E-state index is 13.9. The molecule has 1 saturated heterocycles. The number of hydrazine groups is 1. The van der Waals surface area contributed by atoms with Crippen LogP contribution in [0.4, 0.5) is 17.5 Å². The summed E-state index contributed by atoms with van der Waals surface area (Å²) in [6.07, 6.45) is 10.1. The van der Waals surface area contributed by atoms with Crippen LogP contribution in [-0.2, 0) is 4.79 Å². The Morgan fingerprint density at radius 3 is 2.73 bits per heavy atom. The molecule has 0 bridgehead atoms. The Balaban J connectivity index is 1.52. The average Bonchev–Trinajstić information content (AvgIpc) is 3.09. The Kier molecular flexibility index (Phi) is 8.44. The number of fused-ring (bicyclic) bond motifs is 1. The number of amides is 2. The summed E-state index contributed by atoms with van der Waals surface area (Å²) in [4.78, 5) is 41.2. The number of piperidine rings is 1. The first-order valence-corrected chi connectivity index (χ1v) is 14.7. The zero-order valence-corrected chi connectivity index (χ0v) is 24.3. The first kappa shape index (κ1) is 28.1. The number of carbonyl (C=O) groups is 2. The number of hydrogen-bond acceptors (Lipinski definition) is 8. The molecule has 216 valence electrons. The van der Waals surface area contributed by atoms with Gasteiger partial charge in [0, 0.05) is 31.7 Å². The number of carbonyl (C=O) groups excluding carboxylic acids is 2. The number of ether oxygens (including phenoxy) is 1. The summed E-state index contributed by atoms with van der Waals surface area (Å²) in [6, 6.07) is 7.44. The Morgan fingerprint density at radius 1 is 1.23 bits per heavy atom. The summed E-state index contributed by atoms with van der Waals surface area (Å²) in [5, 5.41) is 5.07. The fourth-order valence-electron chi connectivity index (χ4n) is 6.22. The standard InChI is InChI=1S/C30H43N7O3/c1-5-30(2)20-36(22-12-7-6-8-13-22)26-25(35(3)28(30)39)19-32-29(33-26)34-37(23-14-10-16-31-18-23)27(38)21-11-9-15-24(17-21)40-4/h9,11,15,17,19,22-23,31H,5-8,10,12-14,16,18,20H2,1-4H3,(H,32,33,34)/t23-,30+/m0/s1. The molecule has 1 aliphatic carbocycles. The van der Waals surface area contributed by atoms with E-state index in [1.165, 1.54) is 19.3 Å². The van der Waals surface area contributed by atoms with Crippen molar-refractivity contribution in [2.75, 3.05) is 49.0 Å². The van der Waals surface area contributed by atoms with Gasteiger partial charge in [-0.25, -0.2) is 9.99 Å². The van der Waals surface area contributed by atoms with Gasteiger partial charge in [0.25, 0.3) is 5.91 Å². The molecule has 2 N–H and O–H groups in total. The summed E-state index contributed by atoms with van der Waals surface area (Å²) in [5.41, 5.74) is 4.00. The van der Waals surface area contributed by atoms with Crippen LogP contribution in [0.5, 0.6) is 5.75 Å². The van der Waals surface area contributed by atoms with E-state index >= 15 is 0 Å². The summed E-state index contributed by atoms with van der Waals surface area (Å²) in [6.45, 7) is 6.36. The third-order valence-corrected chi connectivity index (χ3v) is 8.91. The normalized spacial score (nSPS) is 23.8. The van der Waals surface area contributed by atoms with E-state index < -0.39 is 5.41 Å². The van der Waals surface area contributed by atoms with Crippen molar-refractivity contribution < 1.29 is 14.3 Å². The largest absolute Gasteiger partial charge is 0.497 e. The first-order chi connectivity index (χ1) is 19.3. The molecule has 2 atom stereocenters. The van der Waals surface area contributed by atoms with Crippen molar-refractivity contribution in [2.45, 2.75) is 77.3 Å².